The van der Waals surface area contributed by atoms with Crippen LogP contribution in [0.2, 0.25) is 0 Å². The number of rotatable bonds is 1. The van der Waals surface area contributed by atoms with Crippen LogP contribution >= 0.6 is 0 Å². The van der Waals surface area contributed by atoms with Gasteiger partial charge in [-0.3, -0.25) is 0 Å². The fourth-order valence-electron chi connectivity index (χ4n) is 1.46. The maximum absolute atomic E-state index is 8.65. The van der Waals surface area contributed by atoms with Crippen LogP contribution < -0.4 is 5.73 Å². The van der Waals surface area contributed by atoms with Crippen molar-refractivity contribution in [3.63, 3.8) is 0 Å². The van der Waals surface area contributed by atoms with Crippen LogP contribution in [-0.4, -0.2) is 0 Å². The van der Waals surface area contributed by atoms with E-state index in [-0.39, 0.29) is 0 Å². The summed E-state index contributed by atoms with van der Waals surface area (Å²) in [6, 6.07) is 11.0. The molecule has 2 N–H and O–H groups in total. The molecule has 0 saturated carbocycles. The number of nitrogen functional groups attached to an aromatic ring is 1. The SMILES string of the molecule is Cc1c(N)cccc1-c1ccc(C#N)o1. The Morgan fingerprint density at radius 3 is 2.73 bits per heavy atom. The van der Waals surface area contributed by atoms with Crippen LogP contribution in [0.5, 0.6) is 0 Å². The summed E-state index contributed by atoms with van der Waals surface area (Å²) in [4.78, 5) is 0. The number of furan rings is 1. The third-order valence-corrected chi connectivity index (χ3v) is 2.36. The summed E-state index contributed by atoms with van der Waals surface area (Å²) in [5.41, 5.74) is 8.41. The van der Waals surface area contributed by atoms with Crippen molar-refractivity contribution in [3.8, 4) is 17.4 Å². The molecule has 0 aliphatic rings. The van der Waals surface area contributed by atoms with Gasteiger partial charge in [0.15, 0.2) is 0 Å². The van der Waals surface area contributed by atoms with Crippen molar-refractivity contribution in [2.75, 3.05) is 5.73 Å². The summed E-state index contributed by atoms with van der Waals surface area (Å²) in [5.74, 6) is 0.989. The van der Waals surface area contributed by atoms with Gasteiger partial charge in [-0.25, -0.2) is 0 Å². The third-order valence-electron chi connectivity index (χ3n) is 2.36. The first-order valence-electron chi connectivity index (χ1n) is 4.58. The molecule has 2 aromatic rings. The van der Waals surface area contributed by atoms with E-state index in [1.165, 1.54) is 0 Å². The predicted octanol–water partition coefficient (Wildman–Crippen LogP) is 2.71. The number of anilines is 1. The van der Waals surface area contributed by atoms with E-state index < -0.39 is 0 Å². The number of benzene rings is 1. The fraction of sp³-hybridized carbons (Fsp3) is 0.0833. The molecule has 1 aromatic carbocycles. The second kappa shape index (κ2) is 3.50. The van der Waals surface area contributed by atoms with Gasteiger partial charge in [-0.1, -0.05) is 12.1 Å². The van der Waals surface area contributed by atoms with E-state index in [1.54, 1.807) is 12.1 Å². The number of hydrogen-bond acceptors (Lipinski definition) is 3. The maximum Gasteiger partial charge on any atom is 0.204 e. The van der Waals surface area contributed by atoms with E-state index >= 15 is 0 Å². The van der Waals surface area contributed by atoms with Crippen LogP contribution in [0.25, 0.3) is 11.3 Å². The third kappa shape index (κ3) is 1.57. The smallest absolute Gasteiger partial charge is 0.204 e. The van der Waals surface area contributed by atoms with Crippen molar-refractivity contribution in [1.82, 2.24) is 0 Å². The predicted molar refractivity (Wildman–Crippen MR) is 58.0 cm³/mol. The average Bonchev–Trinajstić information content (AvgIpc) is 2.70. The fourth-order valence-corrected chi connectivity index (χ4v) is 1.46. The Kier molecular flexibility index (Phi) is 2.18. The van der Waals surface area contributed by atoms with E-state index in [2.05, 4.69) is 0 Å². The second-order valence-corrected chi connectivity index (χ2v) is 3.30. The molecule has 1 heterocycles. The lowest BCUT2D eigenvalue weighted by atomic mass is 10.1. The molecule has 2 rings (SSSR count). The molecular formula is C12H10N2O. The molecule has 74 valence electrons. The molecule has 15 heavy (non-hydrogen) atoms. The van der Waals surface area contributed by atoms with Crippen LogP contribution in [0.3, 0.4) is 0 Å². The first-order chi connectivity index (χ1) is 7.22. The summed E-state index contributed by atoms with van der Waals surface area (Å²) in [6.07, 6.45) is 0. The summed E-state index contributed by atoms with van der Waals surface area (Å²) in [7, 11) is 0. The molecule has 0 atom stereocenters. The molecule has 0 bridgehead atoms. The van der Waals surface area contributed by atoms with Gasteiger partial charge in [0.1, 0.15) is 11.8 Å². The molecule has 1 aromatic heterocycles. The quantitative estimate of drug-likeness (QED) is 0.716. The minimum atomic E-state index is 0.312. The molecule has 0 amide bonds. The Labute approximate surface area is 87.7 Å². The van der Waals surface area contributed by atoms with Crippen LogP contribution in [0.4, 0.5) is 5.69 Å². The minimum Gasteiger partial charge on any atom is -0.446 e. The standard InChI is InChI=1S/C12H10N2O/c1-8-10(3-2-4-11(8)14)12-6-5-9(7-13)15-12/h2-6H,14H2,1H3. The van der Waals surface area contributed by atoms with Gasteiger partial charge in [0.2, 0.25) is 5.76 Å². The van der Waals surface area contributed by atoms with Crippen LogP contribution in [0.15, 0.2) is 34.7 Å². The van der Waals surface area contributed by atoms with Gasteiger partial charge < -0.3 is 10.2 Å². The second-order valence-electron chi connectivity index (χ2n) is 3.30. The van der Waals surface area contributed by atoms with Gasteiger partial charge in [-0.2, -0.15) is 5.26 Å². The molecule has 0 unspecified atom stereocenters. The van der Waals surface area contributed by atoms with Gasteiger partial charge in [-0.15, -0.1) is 0 Å². The first kappa shape index (κ1) is 9.35. The van der Waals surface area contributed by atoms with Gasteiger partial charge in [0.05, 0.1) is 0 Å². The van der Waals surface area contributed by atoms with Gasteiger partial charge in [-0.05, 0) is 30.7 Å². The molecule has 0 spiro atoms. The molecule has 0 fully saturated rings. The van der Waals surface area contributed by atoms with Crippen molar-refractivity contribution in [2.24, 2.45) is 0 Å². The highest BCUT2D eigenvalue weighted by molar-refractivity contribution is 5.69. The summed E-state index contributed by atoms with van der Waals surface area (Å²) in [6.45, 7) is 1.93. The summed E-state index contributed by atoms with van der Waals surface area (Å²) < 4.78 is 5.34. The lowest BCUT2D eigenvalue weighted by Gasteiger charge is -2.04. The molecular weight excluding hydrogens is 188 g/mol. The topological polar surface area (TPSA) is 63.0 Å². The van der Waals surface area contributed by atoms with Crippen molar-refractivity contribution >= 4 is 5.69 Å². The molecule has 3 nitrogen and oxygen atoms in total. The van der Waals surface area contributed by atoms with E-state index in [0.29, 0.717) is 11.5 Å². The minimum absolute atomic E-state index is 0.312. The molecule has 0 aliphatic heterocycles. The Bertz CT molecular complexity index is 535. The highest BCUT2D eigenvalue weighted by atomic mass is 16.3. The largest absolute Gasteiger partial charge is 0.446 e. The normalized spacial score (nSPS) is 9.87. The molecule has 0 radical (unpaired) electrons. The lowest BCUT2D eigenvalue weighted by Crippen LogP contribution is -1.90. The van der Waals surface area contributed by atoms with E-state index in [1.807, 2.05) is 31.2 Å². The van der Waals surface area contributed by atoms with Gasteiger partial charge >= 0.3 is 0 Å². The Balaban J connectivity index is 2.55. The first-order valence-corrected chi connectivity index (χ1v) is 4.58. The highest BCUT2D eigenvalue weighted by Gasteiger charge is 2.08. The number of nitrogens with zero attached hydrogens (tertiary/aromatic N) is 1. The summed E-state index contributed by atoms with van der Waals surface area (Å²) >= 11 is 0. The van der Waals surface area contributed by atoms with E-state index in [9.17, 15) is 0 Å². The number of nitriles is 1. The van der Waals surface area contributed by atoms with Crippen LogP contribution in [0.1, 0.15) is 11.3 Å². The molecule has 3 heteroatoms. The molecule has 0 aliphatic carbocycles. The van der Waals surface area contributed by atoms with E-state index in [4.69, 9.17) is 15.4 Å². The van der Waals surface area contributed by atoms with E-state index in [0.717, 1.165) is 16.8 Å². The zero-order chi connectivity index (χ0) is 10.8. The van der Waals surface area contributed by atoms with Crippen molar-refractivity contribution in [1.29, 1.82) is 5.26 Å². The zero-order valence-electron chi connectivity index (χ0n) is 8.32. The number of nitrogens with two attached hydrogens (primary N) is 1. The van der Waals surface area contributed by atoms with Crippen molar-refractivity contribution < 1.29 is 4.42 Å². The Hall–Kier alpha value is -2.21. The number of hydrogen-bond donors (Lipinski definition) is 1. The monoisotopic (exact) mass is 198 g/mol. The van der Waals surface area contributed by atoms with Gasteiger partial charge in [0, 0.05) is 11.3 Å². The lowest BCUT2D eigenvalue weighted by molar-refractivity contribution is 0.567. The maximum atomic E-state index is 8.65. The Morgan fingerprint density at radius 2 is 2.07 bits per heavy atom. The highest BCUT2D eigenvalue weighted by Crippen LogP contribution is 2.28. The summed E-state index contributed by atoms with van der Waals surface area (Å²) in [5, 5.41) is 8.65. The van der Waals surface area contributed by atoms with Crippen molar-refractivity contribution in [3.05, 3.63) is 41.7 Å². The van der Waals surface area contributed by atoms with Crippen molar-refractivity contribution in [2.45, 2.75) is 6.92 Å². The molecule has 0 saturated heterocycles. The Morgan fingerprint density at radius 1 is 1.27 bits per heavy atom. The van der Waals surface area contributed by atoms with Gasteiger partial charge in [0.25, 0.3) is 0 Å². The van der Waals surface area contributed by atoms with Crippen LogP contribution in [-0.2, 0) is 0 Å². The van der Waals surface area contributed by atoms with Crippen LogP contribution in [0, 0.1) is 18.3 Å². The average molecular weight is 198 g/mol. The zero-order valence-corrected chi connectivity index (χ0v) is 8.32.